The molecule has 0 heterocycles. The van der Waals surface area contributed by atoms with Crippen molar-refractivity contribution in [2.24, 2.45) is 16.7 Å². The number of nitrogens with one attached hydrogen (secondary N) is 2. The van der Waals surface area contributed by atoms with Gasteiger partial charge >= 0.3 is 12.0 Å². The van der Waals surface area contributed by atoms with Gasteiger partial charge in [-0.1, -0.05) is 27.7 Å². The van der Waals surface area contributed by atoms with Crippen LogP contribution >= 0.6 is 0 Å². The van der Waals surface area contributed by atoms with Crippen molar-refractivity contribution in [1.82, 2.24) is 10.6 Å². The predicted octanol–water partition coefficient (Wildman–Crippen LogP) is 1.83. The minimum Gasteiger partial charge on any atom is -0.481 e. The van der Waals surface area contributed by atoms with Crippen molar-refractivity contribution < 1.29 is 14.7 Å². The van der Waals surface area contributed by atoms with E-state index in [2.05, 4.69) is 38.3 Å². The highest BCUT2D eigenvalue weighted by atomic mass is 16.4. The van der Waals surface area contributed by atoms with Crippen LogP contribution in [0.4, 0.5) is 4.79 Å². The van der Waals surface area contributed by atoms with Crippen LogP contribution in [0, 0.1) is 16.7 Å². The topological polar surface area (TPSA) is 78.4 Å². The molecule has 1 rings (SSSR count). The number of hydrogen-bond donors (Lipinski definition) is 3. The van der Waals surface area contributed by atoms with Gasteiger partial charge in [-0.2, -0.15) is 0 Å². The molecule has 1 aliphatic carbocycles. The van der Waals surface area contributed by atoms with Gasteiger partial charge in [-0.25, -0.2) is 4.79 Å². The summed E-state index contributed by atoms with van der Waals surface area (Å²) in [6.07, 6.45) is 0. The Morgan fingerprint density at radius 2 is 1.56 bits per heavy atom. The van der Waals surface area contributed by atoms with Gasteiger partial charge in [0.15, 0.2) is 0 Å². The fourth-order valence-electron chi connectivity index (χ4n) is 2.28. The largest absolute Gasteiger partial charge is 0.481 e. The van der Waals surface area contributed by atoms with E-state index in [-0.39, 0.29) is 22.9 Å². The summed E-state index contributed by atoms with van der Waals surface area (Å²) in [6.45, 7) is 11.7. The van der Waals surface area contributed by atoms with Crippen molar-refractivity contribution >= 4 is 12.0 Å². The van der Waals surface area contributed by atoms with E-state index in [0.717, 1.165) is 0 Å². The zero-order valence-corrected chi connectivity index (χ0v) is 12.0. The van der Waals surface area contributed by atoms with Crippen molar-refractivity contribution in [3.63, 3.8) is 0 Å². The van der Waals surface area contributed by atoms with Crippen LogP contribution in [0.25, 0.3) is 0 Å². The fraction of sp³-hybridized carbons (Fsp3) is 0.846. The summed E-state index contributed by atoms with van der Waals surface area (Å²) in [7, 11) is 0. The minimum atomic E-state index is -0.908. The maximum Gasteiger partial charge on any atom is 0.315 e. The third-order valence-corrected chi connectivity index (χ3v) is 4.79. The van der Waals surface area contributed by atoms with Crippen LogP contribution in [0.2, 0.25) is 0 Å². The standard InChI is InChI=1S/C13H24N2O3/c1-7(9(16)17)8(2)14-11(18)15-10-12(3,4)13(10,5)6/h7-8,10H,1-6H3,(H,16,17)(H2,14,15,18). The van der Waals surface area contributed by atoms with Crippen molar-refractivity contribution in [1.29, 1.82) is 0 Å². The molecule has 1 aliphatic rings. The number of aliphatic carboxylic acids is 1. The van der Waals surface area contributed by atoms with Crippen molar-refractivity contribution in [2.75, 3.05) is 0 Å². The number of hydrogen-bond acceptors (Lipinski definition) is 2. The zero-order chi connectivity index (χ0) is 14.3. The lowest BCUT2D eigenvalue weighted by Crippen LogP contribution is -2.46. The van der Waals surface area contributed by atoms with Gasteiger partial charge in [-0.05, 0) is 24.7 Å². The Kier molecular flexibility index (Phi) is 3.65. The monoisotopic (exact) mass is 256 g/mol. The fourth-order valence-corrected chi connectivity index (χ4v) is 2.28. The lowest BCUT2D eigenvalue weighted by Gasteiger charge is -2.18. The molecule has 2 unspecified atom stereocenters. The second-order valence-electron chi connectivity index (χ2n) is 6.41. The Balaban J connectivity index is 2.47. The normalized spacial score (nSPS) is 23.9. The molecule has 0 aromatic carbocycles. The van der Waals surface area contributed by atoms with Crippen molar-refractivity contribution in [3.8, 4) is 0 Å². The Morgan fingerprint density at radius 1 is 1.11 bits per heavy atom. The molecular weight excluding hydrogens is 232 g/mol. The SMILES string of the molecule is CC(NC(=O)NC1C(C)(C)C1(C)C)C(C)C(=O)O. The number of urea groups is 1. The van der Waals surface area contributed by atoms with E-state index >= 15 is 0 Å². The smallest absolute Gasteiger partial charge is 0.315 e. The number of carbonyl (C=O) groups is 2. The lowest BCUT2D eigenvalue weighted by atomic mass is 10.0. The Bertz CT molecular complexity index is 349. The zero-order valence-electron chi connectivity index (χ0n) is 12.0. The highest BCUT2D eigenvalue weighted by molar-refractivity contribution is 5.77. The van der Waals surface area contributed by atoms with E-state index in [0.29, 0.717) is 0 Å². The third-order valence-electron chi connectivity index (χ3n) is 4.79. The number of carboxylic acids is 1. The number of carboxylic acid groups (broad SMARTS) is 1. The molecule has 0 aromatic rings. The highest BCUT2D eigenvalue weighted by Gasteiger charge is 2.65. The summed E-state index contributed by atoms with van der Waals surface area (Å²) in [5, 5.41) is 14.4. The lowest BCUT2D eigenvalue weighted by molar-refractivity contribution is -0.141. The van der Waals surface area contributed by atoms with Crippen LogP contribution < -0.4 is 10.6 Å². The molecule has 104 valence electrons. The molecule has 1 saturated carbocycles. The molecule has 0 saturated heterocycles. The molecule has 2 amide bonds. The van der Waals surface area contributed by atoms with Crippen LogP contribution in [0.1, 0.15) is 41.5 Å². The van der Waals surface area contributed by atoms with Crippen LogP contribution in [0.3, 0.4) is 0 Å². The third kappa shape index (κ3) is 2.44. The van der Waals surface area contributed by atoms with Crippen LogP contribution in [-0.4, -0.2) is 29.2 Å². The summed E-state index contributed by atoms with van der Waals surface area (Å²) in [6, 6.07) is -0.566. The first-order valence-corrected chi connectivity index (χ1v) is 6.31. The van der Waals surface area contributed by atoms with E-state index in [4.69, 9.17) is 5.11 Å². The second-order valence-corrected chi connectivity index (χ2v) is 6.41. The molecule has 0 bridgehead atoms. The molecule has 2 atom stereocenters. The highest BCUT2D eigenvalue weighted by Crippen LogP contribution is 2.62. The average molecular weight is 256 g/mol. The van der Waals surface area contributed by atoms with Gasteiger partial charge in [-0.15, -0.1) is 0 Å². The van der Waals surface area contributed by atoms with Gasteiger partial charge < -0.3 is 15.7 Å². The molecule has 3 N–H and O–H groups in total. The Morgan fingerprint density at radius 3 is 1.89 bits per heavy atom. The number of rotatable bonds is 4. The van der Waals surface area contributed by atoms with E-state index in [1.807, 2.05) is 0 Å². The first-order valence-electron chi connectivity index (χ1n) is 6.31. The molecule has 5 heteroatoms. The first kappa shape index (κ1) is 14.8. The first-order chi connectivity index (χ1) is 8.01. The molecule has 0 aromatic heterocycles. The minimum absolute atomic E-state index is 0.0754. The molecule has 5 nitrogen and oxygen atoms in total. The molecule has 0 spiro atoms. The van der Waals surface area contributed by atoms with Crippen LogP contribution in [-0.2, 0) is 4.79 Å². The number of amides is 2. The molecule has 1 fully saturated rings. The van der Waals surface area contributed by atoms with Crippen molar-refractivity contribution in [2.45, 2.75) is 53.6 Å². The summed E-state index contributed by atoms with van der Waals surface area (Å²) < 4.78 is 0. The molecule has 0 aliphatic heterocycles. The average Bonchev–Trinajstić information content (AvgIpc) is 2.59. The van der Waals surface area contributed by atoms with Crippen LogP contribution in [0.15, 0.2) is 0 Å². The van der Waals surface area contributed by atoms with E-state index in [9.17, 15) is 9.59 Å². The summed E-state index contributed by atoms with van der Waals surface area (Å²) in [5.41, 5.74) is 0.151. The van der Waals surface area contributed by atoms with Gasteiger partial charge in [0.05, 0.1) is 5.92 Å². The van der Waals surface area contributed by atoms with Gasteiger partial charge in [0.2, 0.25) is 0 Å². The summed E-state index contributed by atoms with van der Waals surface area (Å²) in [4.78, 5) is 22.6. The maximum absolute atomic E-state index is 11.8. The summed E-state index contributed by atoms with van der Waals surface area (Å²) >= 11 is 0. The van der Waals surface area contributed by atoms with Crippen LogP contribution in [0.5, 0.6) is 0 Å². The van der Waals surface area contributed by atoms with Gasteiger partial charge in [-0.3, -0.25) is 4.79 Å². The Labute approximate surface area is 108 Å². The van der Waals surface area contributed by atoms with Crippen molar-refractivity contribution in [3.05, 3.63) is 0 Å². The molecule has 0 radical (unpaired) electrons. The second kappa shape index (κ2) is 4.44. The molecule has 18 heavy (non-hydrogen) atoms. The number of carbonyl (C=O) groups excluding carboxylic acids is 1. The van der Waals surface area contributed by atoms with Gasteiger partial charge in [0.1, 0.15) is 0 Å². The van der Waals surface area contributed by atoms with E-state index < -0.39 is 17.9 Å². The van der Waals surface area contributed by atoms with E-state index in [1.165, 1.54) is 0 Å². The molecular formula is C13H24N2O3. The summed E-state index contributed by atoms with van der Waals surface area (Å²) in [5.74, 6) is -1.51. The quantitative estimate of drug-likeness (QED) is 0.718. The van der Waals surface area contributed by atoms with E-state index in [1.54, 1.807) is 13.8 Å². The maximum atomic E-state index is 11.8. The van der Waals surface area contributed by atoms with Gasteiger partial charge in [0, 0.05) is 12.1 Å². The Hall–Kier alpha value is -1.26. The predicted molar refractivity (Wildman–Crippen MR) is 69.3 cm³/mol. The van der Waals surface area contributed by atoms with Gasteiger partial charge in [0.25, 0.3) is 0 Å².